The van der Waals surface area contributed by atoms with Gasteiger partial charge < -0.3 is 14.7 Å². The topological polar surface area (TPSA) is 57.6 Å². The van der Waals surface area contributed by atoms with Gasteiger partial charge in [-0.25, -0.2) is 0 Å². The van der Waals surface area contributed by atoms with E-state index in [9.17, 15) is 5.11 Å². The van der Waals surface area contributed by atoms with E-state index < -0.39 is 6.23 Å². The monoisotopic (exact) mass is 341 g/mol. The summed E-state index contributed by atoms with van der Waals surface area (Å²) >= 11 is 0. The predicted octanol–water partition coefficient (Wildman–Crippen LogP) is 2.73. The fourth-order valence-corrected chi connectivity index (χ4v) is 3.02. The highest BCUT2D eigenvalue weighted by Crippen LogP contribution is 2.13. The van der Waals surface area contributed by atoms with Crippen LogP contribution in [0.5, 0.6) is 5.75 Å². The molecule has 134 valence electrons. The third-order valence-electron chi connectivity index (χ3n) is 4.51. The Kier molecular flexibility index (Phi) is 6.79. The van der Waals surface area contributed by atoms with Gasteiger partial charge in [0.1, 0.15) is 18.6 Å². The molecule has 2 heterocycles. The Balaban J connectivity index is 1.41. The molecule has 0 amide bonds. The molecule has 5 nitrogen and oxygen atoms in total. The highest BCUT2D eigenvalue weighted by Gasteiger charge is 2.11. The smallest absolute Gasteiger partial charge is 0.132 e. The van der Waals surface area contributed by atoms with Crippen LogP contribution in [0, 0.1) is 0 Å². The summed E-state index contributed by atoms with van der Waals surface area (Å²) in [5.41, 5.74) is 1.62. The lowest BCUT2D eigenvalue weighted by Crippen LogP contribution is -2.36. The maximum atomic E-state index is 10.2. The molecule has 1 aliphatic heterocycles. The third kappa shape index (κ3) is 5.81. The molecule has 1 unspecified atom stereocenters. The lowest BCUT2D eigenvalue weighted by molar-refractivity contribution is 0.129. The summed E-state index contributed by atoms with van der Waals surface area (Å²) in [6.07, 6.45) is 4.96. The first-order valence-electron chi connectivity index (χ1n) is 9.08. The molecule has 0 saturated carbocycles. The van der Waals surface area contributed by atoms with Crippen molar-refractivity contribution in [3.8, 4) is 5.75 Å². The number of ether oxygens (including phenoxy) is 1. The van der Waals surface area contributed by atoms with E-state index in [1.54, 1.807) is 6.20 Å². The number of nitrogens with zero attached hydrogens (tertiary/aromatic N) is 2. The number of aromatic nitrogens is 1. The Hall–Kier alpha value is -1.95. The van der Waals surface area contributed by atoms with Gasteiger partial charge in [0.15, 0.2) is 0 Å². The molecule has 5 heteroatoms. The molecule has 1 aromatic carbocycles. The van der Waals surface area contributed by atoms with E-state index in [1.165, 1.54) is 32.4 Å². The minimum Gasteiger partial charge on any atom is -0.487 e. The van der Waals surface area contributed by atoms with Crippen molar-refractivity contribution >= 4 is 0 Å². The van der Waals surface area contributed by atoms with E-state index in [1.807, 2.05) is 42.5 Å². The fraction of sp³-hybridized carbons (Fsp3) is 0.450. The third-order valence-corrected chi connectivity index (χ3v) is 4.51. The Morgan fingerprint density at radius 1 is 1.08 bits per heavy atom. The van der Waals surface area contributed by atoms with Gasteiger partial charge in [-0.15, -0.1) is 0 Å². The molecule has 0 aliphatic carbocycles. The van der Waals surface area contributed by atoms with E-state index in [-0.39, 0.29) is 0 Å². The van der Waals surface area contributed by atoms with Crippen molar-refractivity contribution < 1.29 is 9.84 Å². The first-order chi connectivity index (χ1) is 12.3. The summed E-state index contributed by atoms with van der Waals surface area (Å²) in [5, 5.41) is 13.4. The Morgan fingerprint density at radius 3 is 2.60 bits per heavy atom. The number of likely N-dealkylation sites (tertiary alicyclic amines) is 1. The fourth-order valence-electron chi connectivity index (χ4n) is 3.02. The normalized spacial score (nSPS) is 16.5. The molecule has 0 spiro atoms. The van der Waals surface area contributed by atoms with Crippen LogP contribution in [0.25, 0.3) is 0 Å². The van der Waals surface area contributed by atoms with Crippen LogP contribution in [0.2, 0.25) is 0 Å². The maximum Gasteiger partial charge on any atom is 0.132 e. The quantitative estimate of drug-likeness (QED) is 0.723. The molecule has 1 aliphatic rings. The molecular formula is C20H27N3O2. The minimum atomic E-state index is -0.679. The molecular weight excluding hydrogens is 314 g/mol. The first kappa shape index (κ1) is 17.9. The average molecular weight is 341 g/mol. The summed E-state index contributed by atoms with van der Waals surface area (Å²) in [5.74, 6) is 0.827. The molecule has 0 bridgehead atoms. The van der Waals surface area contributed by atoms with Crippen LogP contribution >= 0.6 is 0 Å². The van der Waals surface area contributed by atoms with Crippen molar-refractivity contribution in [2.24, 2.45) is 0 Å². The zero-order valence-corrected chi connectivity index (χ0v) is 14.6. The van der Waals surface area contributed by atoms with E-state index in [0.717, 1.165) is 30.1 Å². The second-order valence-corrected chi connectivity index (χ2v) is 6.44. The van der Waals surface area contributed by atoms with Crippen LogP contribution in [0.4, 0.5) is 0 Å². The molecule has 0 radical (unpaired) electrons. The van der Waals surface area contributed by atoms with Crippen molar-refractivity contribution in [1.82, 2.24) is 15.2 Å². The number of nitrogens with one attached hydrogen (secondary N) is 1. The number of aliphatic hydroxyl groups excluding tert-OH is 1. The van der Waals surface area contributed by atoms with Crippen LogP contribution in [-0.4, -0.2) is 41.2 Å². The van der Waals surface area contributed by atoms with Crippen LogP contribution in [-0.2, 0) is 6.61 Å². The average Bonchev–Trinajstić information content (AvgIpc) is 2.68. The zero-order valence-electron chi connectivity index (χ0n) is 14.6. The predicted molar refractivity (Wildman–Crippen MR) is 98.3 cm³/mol. The van der Waals surface area contributed by atoms with Gasteiger partial charge in [-0.05, 0) is 44.1 Å². The summed E-state index contributed by atoms with van der Waals surface area (Å²) < 4.78 is 5.68. The number of piperidine rings is 1. The van der Waals surface area contributed by atoms with Gasteiger partial charge in [0, 0.05) is 24.8 Å². The van der Waals surface area contributed by atoms with Crippen LogP contribution in [0.1, 0.15) is 36.7 Å². The molecule has 1 fully saturated rings. The van der Waals surface area contributed by atoms with E-state index in [0.29, 0.717) is 6.61 Å². The number of hydrogen-bond acceptors (Lipinski definition) is 5. The number of rotatable bonds is 8. The largest absolute Gasteiger partial charge is 0.487 e. The summed E-state index contributed by atoms with van der Waals surface area (Å²) in [6.45, 7) is 4.53. The Bertz CT molecular complexity index is 613. The van der Waals surface area contributed by atoms with Gasteiger partial charge in [0.25, 0.3) is 0 Å². The van der Waals surface area contributed by atoms with Crippen molar-refractivity contribution in [2.45, 2.75) is 32.1 Å². The number of hydrogen-bond donors (Lipinski definition) is 2. The molecule has 2 aromatic rings. The summed E-state index contributed by atoms with van der Waals surface area (Å²) in [4.78, 5) is 6.83. The Morgan fingerprint density at radius 2 is 1.88 bits per heavy atom. The van der Waals surface area contributed by atoms with Crippen molar-refractivity contribution in [1.29, 1.82) is 0 Å². The first-order valence-corrected chi connectivity index (χ1v) is 9.08. The SMILES string of the molecule is OC(NCCN1CCCCC1)c1ccc(COc2ccccc2)nc1. The minimum absolute atomic E-state index is 0.419. The highest BCUT2D eigenvalue weighted by atomic mass is 16.5. The number of pyridine rings is 1. The van der Waals surface area contributed by atoms with Crippen molar-refractivity contribution in [2.75, 3.05) is 26.2 Å². The van der Waals surface area contributed by atoms with Gasteiger partial charge in [0.2, 0.25) is 0 Å². The molecule has 3 rings (SSSR count). The molecule has 1 atom stereocenters. The van der Waals surface area contributed by atoms with Crippen LogP contribution in [0.15, 0.2) is 48.7 Å². The molecule has 1 aromatic heterocycles. The standard InChI is InChI=1S/C20H27N3O2/c24-20(21-11-14-23-12-5-2-6-13-23)17-9-10-18(22-15-17)16-25-19-7-3-1-4-8-19/h1,3-4,7-10,15,20-21,24H,2,5-6,11-14,16H2. The van der Waals surface area contributed by atoms with Crippen molar-refractivity contribution in [3.05, 3.63) is 59.9 Å². The van der Waals surface area contributed by atoms with Gasteiger partial charge in [-0.1, -0.05) is 30.7 Å². The summed E-state index contributed by atoms with van der Waals surface area (Å²) in [7, 11) is 0. The van der Waals surface area contributed by atoms with E-state index in [2.05, 4.69) is 15.2 Å². The van der Waals surface area contributed by atoms with Crippen LogP contribution < -0.4 is 10.1 Å². The molecule has 2 N–H and O–H groups in total. The molecule has 25 heavy (non-hydrogen) atoms. The van der Waals surface area contributed by atoms with E-state index >= 15 is 0 Å². The molecule has 1 saturated heterocycles. The zero-order chi connectivity index (χ0) is 17.3. The number of aliphatic hydroxyl groups is 1. The van der Waals surface area contributed by atoms with Crippen LogP contribution in [0.3, 0.4) is 0 Å². The van der Waals surface area contributed by atoms with Gasteiger partial charge in [0.05, 0.1) is 5.69 Å². The second-order valence-electron chi connectivity index (χ2n) is 6.44. The van der Waals surface area contributed by atoms with Gasteiger partial charge in [-0.3, -0.25) is 10.3 Å². The summed E-state index contributed by atoms with van der Waals surface area (Å²) in [6, 6.07) is 13.5. The number of para-hydroxylation sites is 1. The lowest BCUT2D eigenvalue weighted by atomic mass is 10.1. The lowest BCUT2D eigenvalue weighted by Gasteiger charge is -2.26. The van der Waals surface area contributed by atoms with E-state index in [4.69, 9.17) is 4.74 Å². The van der Waals surface area contributed by atoms with Gasteiger partial charge >= 0.3 is 0 Å². The van der Waals surface area contributed by atoms with Gasteiger partial charge in [-0.2, -0.15) is 0 Å². The van der Waals surface area contributed by atoms with Crippen molar-refractivity contribution in [3.63, 3.8) is 0 Å². The second kappa shape index (κ2) is 9.51. The highest BCUT2D eigenvalue weighted by molar-refractivity contribution is 5.22. The maximum absolute atomic E-state index is 10.2. The Labute approximate surface area is 149 Å². The number of benzene rings is 1.